The fraction of sp³-hybridized carbons (Fsp3) is 0. The molecule has 10 heterocycles. The average Bonchev–Trinajstić information content (AvgIpc) is 1.53. The van der Waals surface area contributed by atoms with Gasteiger partial charge in [0.25, 0.3) is 0 Å². The topological polar surface area (TPSA) is 171 Å². The van der Waals surface area contributed by atoms with Gasteiger partial charge in [-0.3, -0.25) is 0 Å². The second kappa shape index (κ2) is 31.6. The number of benzene rings is 17. The van der Waals surface area contributed by atoms with Gasteiger partial charge in [-0.05, 0) is 233 Å². The molecular formula is C104H63Br4Cl2N19. The molecule has 0 saturated carbocycles. The minimum atomic E-state index is 0.429. The Labute approximate surface area is 776 Å². The largest absolute Gasteiger partial charge is 0.329 e. The standard InChI is InChI=1S/C69H45N9.C21H9Br3N6.C7H4BrClN2.C7H5ClN2/c1-4-25-49(26-5-1)73(61-34-16-22-46-19-10-13-31-55(46)61)52-37-40-64-58(43-52)70-67-76(64)68-71-60-45-54(75(51-29-8-3-9-30-51)63-36-18-24-48-21-12-15-33-57(48)63)39-42-66(60)78(68)69-72-59-44-53(38-41-65(59)77(67)69)74(50-27-6-2-7-28-50)62-35-17-23-47-20-11-14-32-56(47)62;22-10-1-4-16-13(7-10)25-19-28(16)20-26-14-8-11(23)2-5-17(14)30(20)21-27-15-9-12(24)3-6-18(15)29(19)21;8-4-1-2-5-6(3-4)11-7(9)10-5;8-7-9-5-3-1-2-4-6(5)10-7/h1-45H;1-9H;1-3H,(H,10,11);1-4H,(H,9,10). The summed E-state index contributed by atoms with van der Waals surface area (Å²) < 4.78 is 16.9. The van der Waals surface area contributed by atoms with Gasteiger partial charge in [0.05, 0.1) is 105 Å². The van der Waals surface area contributed by atoms with Crippen molar-refractivity contribution in [2.24, 2.45) is 0 Å². The lowest BCUT2D eigenvalue weighted by atomic mass is 10.1. The van der Waals surface area contributed by atoms with Crippen LogP contribution in [0.4, 0.5) is 51.2 Å². The van der Waals surface area contributed by atoms with Gasteiger partial charge in [-0.1, -0.05) is 240 Å². The van der Waals surface area contributed by atoms with Crippen LogP contribution in [-0.4, -0.2) is 76.2 Å². The summed E-state index contributed by atoms with van der Waals surface area (Å²) in [5.41, 5.74) is 24.0. The first-order chi connectivity index (χ1) is 63.4. The molecular weight excluding hydrogens is 1910 g/mol. The number of H-pyrrole nitrogens is 2. The van der Waals surface area contributed by atoms with Gasteiger partial charge in [-0.25, -0.2) is 66.3 Å². The minimum absolute atomic E-state index is 0.429. The minimum Gasteiger partial charge on any atom is -0.329 e. The molecule has 0 aliphatic rings. The first-order valence-electron chi connectivity index (χ1n) is 41.4. The lowest BCUT2D eigenvalue weighted by molar-refractivity contribution is 1.01. The second-order valence-corrected chi connectivity index (χ2v) is 35.5. The molecule has 0 spiro atoms. The maximum atomic E-state index is 5.65. The zero-order valence-corrected chi connectivity index (χ0v) is 75.4. The number of imidazole rings is 8. The van der Waals surface area contributed by atoms with Crippen LogP contribution in [0.25, 0.3) is 155 Å². The van der Waals surface area contributed by atoms with Gasteiger partial charge in [0.1, 0.15) is 0 Å². The molecule has 0 unspecified atom stereocenters. The van der Waals surface area contributed by atoms with E-state index < -0.39 is 0 Å². The molecule has 0 fully saturated rings. The number of hydrogen-bond acceptors (Lipinski definition) is 11. The molecule has 2 N–H and O–H groups in total. The van der Waals surface area contributed by atoms with Crippen molar-refractivity contribution in [3.63, 3.8) is 0 Å². The number of hydrogen-bond donors (Lipinski definition) is 2. The van der Waals surface area contributed by atoms with Gasteiger partial charge >= 0.3 is 0 Å². The summed E-state index contributed by atoms with van der Waals surface area (Å²) in [5, 5.41) is 7.87. The molecule has 10 aromatic heterocycles. The zero-order valence-electron chi connectivity index (χ0n) is 67.6. The smallest absolute Gasteiger partial charge is 0.225 e. The van der Waals surface area contributed by atoms with Gasteiger partial charge in [0.2, 0.25) is 45.2 Å². The number of aromatic amines is 2. The van der Waals surface area contributed by atoms with E-state index in [9.17, 15) is 0 Å². The maximum Gasteiger partial charge on any atom is 0.225 e. The molecule has 25 heteroatoms. The van der Waals surface area contributed by atoms with Crippen LogP contribution in [-0.2, 0) is 0 Å². The number of aromatic nitrogens is 16. The molecule has 129 heavy (non-hydrogen) atoms. The Morgan fingerprint density at radius 2 is 0.473 bits per heavy atom. The van der Waals surface area contributed by atoms with Gasteiger partial charge in [0.15, 0.2) is 0 Å². The van der Waals surface area contributed by atoms with Gasteiger partial charge in [-0.2, -0.15) is 0 Å². The molecule has 0 radical (unpaired) electrons. The van der Waals surface area contributed by atoms with Crippen LogP contribution >= 0.6 is 86.9 Å². The third-order valence-electron chi connectivity index (χ3n) is 23.5. The average molecular weight is 1970 g/mol. The fourth-order valence-electron chi connectivity index (χ4n) is 17.9. The lowest BCUT2D eigenvalue weighted by Crippen LogP contribution is -2.10. The van der Waals surface area contributed by atoms with Crippen LogP contribution in [0, 0.1) is 0 Å². The normalized spacial score (nSPS) is 11.8. The molecule has 0 amide bonds. The molecule has 0 bridgehead atoms. The lowest BCUT2D eigenvalue weighted by Gasteiger charge is -2.26. The van der Waals surface area contributed by atoms with Crippen LogP contribution in [0.15, 0.2) is 388 Å². The SMILES string of the molecule is Brc1ccc2c(c1)nc1n2c2nc3cc(Br)ccc3n2c2nc3cc(Br)ccc3n12.Clc1nc2ccc(Br)cc2[nH]1.Clc1nc2ccccc2[nH]1.c1ccc(N(c2ccc3c(c2)nc2n3c3nc4cc(N(c5ccccc5)c5cccc6ccccc56)ccc4n3c3nc4cc(N(c5ccccc5)c5cccc6ccccc56)ccc4n23)c2cccc3ccccc23)cc1. The summed E-state index contributed by atoms with van der Waals surface area (Å²) in [5.74, 6) is 4.48. The van der Waals surface area contributed by atoms with E-state index in [2.05, 4.69) is 416 Å². The third-order valence-corrected chi connectivity index (χ3v) is 25.8. The van der Waals surface area contributed by atoms with E-state index in [1.54, 1.807) is 0 Å². The predicted molar refractivity (Wildman–Crippen MR) is 540 cm³/mol. The molecule has 27 aromatic rings. The van der Waals surface area contributed by atoms with E-state index in [4.69, 9.17) is 53.1 Å². The Kier molecular flexibility index (Phi) is 19.1. The summed E-state index contributed by atoms with van der Waals surface area (Å²) in [6, 6.07) is 129. The highest BCUT2D eigenvalue weighted by atomic mass is 79.9. The van der Waals surface area contributed by atoms with Gasteiger partial charge in [-0.15, -0.1) is 0 Å². The monoisotopic (exact) mass is 1960 g/mol. The number of fused-ring (bicyclic) bond motifs is 29. The Bertz CT molecular complexity index is 8360. The molecule has 616 valence electrons. The first kappa shape index (κ1) is 77.7. The predicted octanol–water partition coefficient (Wildman–Crippen LogP) is 29.5. The molecule has 0 atom stereocenters. The van der Waals surface area contributed by atoms with Crippen LogP contribution in [0.1, 0.15) is 0 Å². The van der Waals surface area contributed by atoms with Crippen LogP contribution < -0.4 is 14.7 Å². The molecule has 17 aromatic carbocycles. The van der Waals surface area contributed by atoms with Crippen LogP contribution in [0.3, 0.4) is 0 Å². The Morgan fingerprint density at radius 1 is 0.209 bits per heavy atom. The van der Waals surface area contributed by atoms with Crippen molar-refractivity contribution >= 4 is 293 Å². The molecule has 0 aliphatic heterocycles. The Hall–Kier alpha value is -14.8. The van der Waals surface area contributed by atoms with E-state index in [1.165, 1.54) is 16.2 Å². The quantitative estimate of drug-likeness (QED) is 0.141. The number of halogens is 6. The van der Waals surface area contributed by atoms with Crippen molar-refractivity contribution in [2.45, 2.75) is 0 Å². The highest BCUT2D eigenvalue weighted by Crippen LogP contribution is 2.46. The second-order valence-electron chi connectivity index (χ2n) is 31.1. The Balaban J connectivity index is 0.000000145. The van der Waals surface area contributed by atoms with Crippen molar-refractivity contribution < 1.29 is 0 Å². The summed E-state index contributed by atoms with van der Waals surface area (Å²) >= 11 is 25.3. The van der Waals surface area contributed by atoms with Crippen molar-refractivity contribution in [3.8, 4) is 0 Å². The first-order valence-corrected chi connectivity index (χ1v) is 45.4. The van der Waals surface area contributed by atoms with E-state index in [0.717, 1.165) is 191 Å². The number of anilines is 9. The van der Waals surface area contributed by atoms with Crippen LogP contribution in [0.5, 0.6) is 0 Å². The summed E-state index contributed by atoms with van der Waals surface area (Å²) in [6.45, 7) is 0. The number of nitrogens with zero attached hydrogens (tertiary/aromatic N) is 17. The van der Waals surface area contributed by atoms with Gasteiger partial charge in [0, 0.05) is 68.2 Å². The summed E-state index contributed by atoms with van der Waals surface area (Å²) in [4.78, 5) is 52.6. The molecule has 0 aliphatic carbocycles. The number of nitrogens with one attached hydrogen (secondary N) is 2. The van der Waals surface area contributed by atoms with Crippen LogP contribution in [0.2, 0.25) is 10.6 Å². The van der Waals surface area contributed by atoms with Crippen molar-refractivity contribution in [2.75, 3.05) is 14.7 Å². The van der Waals surface area contributed by atoms with Crippen molar-refractivity contribution in [1.29, 1.82) is 0 Å². The van der Waals surface area contributed by atoms with E-state index in [0.29, 0.717) is 27.9 Å². The van der Waals surface area contributed by atoms with Crippen molar-refractivity contribution in [3.05, 3.63) is 399 Å². The van der Waals surface area contributed by atoms with Crippen molar-refractivity contribution in [1.82, 2.24) is 76.2 Å². The molecule has 19 nitrogen and oxygen atoms in total. The highest BCUT2D eigenvalue weighted by molar-refractivity contribution is 9.11. The highest BCUT2D eigenvalue weighted by Gasteiger charge is 2.28. The molecule has 0 saturated heterocycles. The van der Waals surface area contributed by atoms with E-state index in [1.807, 2.05) is 78.9 Å². The molecule has 27 rings (SSSR count). The Morgan fingerprint density at radius 3 is 0.814 bits per heavy atom. The summed E-state index contributed by atoms with van der Waals surface area (Å²) in [6.07, 6.45) is 0. The van der Waals surface area contributed by atoms with Gasteiger partial charge < -0.3 is 24.7 Å². The third kappa shape index (κ3) is 13.5. The van der Waals surface area contributed by atoms with E-state index in [-0.39, 0.29) is 0 Å². The van der Waals surface area contributed by atoms with E-state index >= 15 is 0 Å². The zero-order chi connectivity index (χ0) is 86.2. The maximum absolute atomic E-state index is 5.65. The summed E-state index contributed by atoms with van der Waals surface area (Å²) in [7, 11) is 0. The fourth-order valence-corrected chi connectivity index (χ4v) is 19.7. The number of rotatable bonds is 9. The number of para-hydroxylation sites is 5.